The first-order valence-electron chi connectivity index (χ1n) is 8.39. The van der Waals surface area contributed by atoms with Crippen molar-refractivity contribution in [2.75, 3.05) is 19.7 Å². The molecular formula is C20H22FNO3. The number of carbonyl (C=O) groups is 1. The maximum Gasteiger partial charge on any atom is 0.225 e. The van der Waals surface area contributed by atoms with Gasteiger partial charge in [-0.15, -0.1) is 0 Å². The number of amides is 1. The van der Waals surface area contributed by atoms with Crippen LogP contribution >= 0.6 is 0 Å². The molecule has 0 aromatic heterocycles. The summed E-state index contributed by atoms with van der Waals surface area (Å²) in [7, 11) is 0. The van der Waals surface area contributed by atoms with Crippen molar-refractivity contribution in [3.8, 4) is 0 Å². The summed E-state index contributed by atoms with van der Waals surface area (Å²) in [5.74, 6) is -0.503. The lowest BCUT2D eigenvalue weighted by Crippen LogP contribution is -2.44. The van der Waals surface area contributed by atoms with Crippen molar-refractivity contribution in [2.45, 2.75) is 25.0 Å². The fraction of sp³-hybridized carbons (Fsp3) is 0.350. The molecule has 2 unspecified atom stereocenters. The van der Waals surface area contributed by atoms with E-state index >= 15 is 0 Å². The predicted octanol–water partition coefficient (Wildman–Crippen LogP) is 3.02. The van der Waals surface area contributed by atoms with Crippen molar-refractivity contribution in [3.63, 3.8) is 0 Å². The fourth-order valence-electron chi connectivity index (χ4n) is 3.11. The zero-order chi connectivity index (χ0) is 17.9. The molecule has 3 rings (SSSR count). The van der Waals surface area contributed by atoms with Crippen molar-refractivity contribution in [3.05, 3.63) is 71.5 Å². The smallest absolute Gasteiger partial charge is 0.225 e. The van der Waals surface area contributed by atoms with Gasteiger partial charge in [0.1, 0.15) is 11.9 Å². The van der Waals surface area contributed by atoms with Gasteiger partial charge in [-0.1, -0.05) is 48.5 Å². The van der Waals surface area contributed by atoms with E-state index in [9.17, 15) is 14.3 Å². The van der Waals surface area contributed by atoms with Crippen LogP contribution in [-0.4, -0.2) is 35.6 Å². The van der Waals surface area contributed by atoms with E-state index in [2.05, 4.69) is 0 Å². The molecule has 0 spiro atoms. The lowest BCUT2D eigenvalue weighted by atomic mass is 9.92. The number of benzene rings is 2. The Morgan fingerprint density at radius 2 is 1.92 bits per heavy atom. The molecule has 5 heteroatoms. The van der Waals surface area contributed by atoms with E-state index in [4.69, 9.17) is 4.74 Å². The van der Waals surface area contributed by atoms with E-state index in [0.717, 1.165) is 0 Å². The quantitative estimate of drug-likeness (QED) is 0.928. The van der Waals surface area contributed by atoms with Crippen molar-refractivity contribution in [1.82, 2.24) is 4.90 Å². The lowest BCUT2D eigenvalue weighted by Gasteiger charge is -2.35. The van der Waals surface area contributed by atoms with Crippen LogP contribution in [0.5, 0.6) is 0 Å². The van der Waals surface area contributed by atoms with Crippen LogP contribution in [0.15, 0.2) is 54.6 Å². The second-order valence-corrected chi connectivity index (χ2v) is 6.54. The van der Waals surface area contributed by atoms with Crippen molar-refractivity contribution >= 4 is 5.91 Å². The van der Waals surface area contributed by atoms with Gasteiger partial charge in [0, 0.05) is 12.1 Å². The molecule has 2 aromatic carbocycles. The molecule has 1 heterocycles. The maximum absolute atomic E-state index is 14.0. The largest absolute Gasteiger partial charge is 0.385 e. The highest BCUT2D eigenvalue weighted by Crippen LogP contribution is 2.28. The Balaban J connectivity index is 1.69. The van der Waals surface area contributed by atoms with Crippen LogP contribution in [0, 0.1) is 5.82 Å². The third kappa shape index (κ3) is 4.06. The van der Waals surface area contributed by atoms with Gasteiger partial charge in [-0.2, -0.15) is 0 Å². The summed E-state index contributed by atoms with van der Waals surface area (Å²) in [6.45, 7) is 2.70. The Kier molecular flexibility index (Phi) is 5.16. The Morgan fingerprint density at radius 1 is 1.24 bits per heavy atom. The number of morpholine rings is 1. The van der Waals surface area contributed by atoms with Crippen LogP contribution in [-0.2, 0) is 15.1 Å². The van der Waals surface area contributed by atoms with Crippen molar-refractivity contribution in [2.24, 2.45) is 0 Å². The number of carbonyl (C=O) groups excluding carboxylic acids is 1. The Bertz CT molecular complexity index is 733. The molecule has 132 valence electrons. The standard InChI is InChI=1S/C20H22FNO3/c1-20(24,15-7-3-2-4-8-15)13-19(23)22-11-12-25-18(14-22)16-9-5-6-10-17(16)21/h2-10,18,24H,11-14H2,1H3. The van der Waals surface area contributed by atoms with Crippen LogP contribution < -0.4 is 0 Å². The van der Waals surface area contributed by atoms with Crippen LogP contribution in [0.4, 0.5) is 4.39 Å². The summed E-state index contributed by atoms with van der Waals surface area (Å²) in [6, 6.07) is 15.6. The zero-order valence-corrected chi connectivity index (χ0v) is 14.2. The molecule has 1 saturated heterocycles. The molecule has 2 atom stereocenters. The first kappa shape index (κ1) is 17.6. The molecule has 1 aliphatic heterocycles. The van der Waals surface area contributed by atoms with Gasteiger partial charge in [-0.3, -0.25) is 4.79 Å². The van der Waals surface area contributed by atoms with Crippen LogP contribution in [0.2, 0.25) is 0 Å². The predicted molar refractivity (Wildman–Crippen MR) is 92.3 cm³/mol. The minimum absolute atomic E-state index is 0.0268. The molecule has 0 aliphatic carbocycles. The van der Waals surface area contributed by atoms with E-state index < -0.39 is 11.7 Å². The number of hydrogen-bond donors (Lipinski definition) is 1. The highest BCUT2D eigenvalue weighted by atomic mass is 19.1. The summed E-state index contributed by atoms with van der Waals surface area (Å²) in [5, 5.41) is 10.7. The molecule has 0 radical (unpaired) electrons. The molecule has 1 amide bonds. The maximum atomic E-state index is 14.0. The normalized spacial score (nSPS) is 20.1. The lowest BCUT2D eigenvalue weighted by molar-refractivity contribution is -0.144. The average Bonchev–Trinajstić information content (AvgIpc) is 2.62. The van der Waals surface area contributed by atoms with Gasteiger partial charge >= 0.3 is 0 Å². The number of halogens is 1. The number of aliphatic hydroxyl groups is 1. The van der Waals surface area contributed by atoms with Gasteiger partial charge in [-0.05, 0) is 18.6 Å². The van der Waals surface area contributed by atoms with Crippen molar-refractivity contribution in [1.29, 1.82) is 0 Å². The van der Waals surface area contributed by atoms with Crippen LogP contribution in [0.3, 0.4) is 0 Å². The molecule has 0 bridgehead atoms. The van der Waals surface area contributed by atoms with Crippen LogP contribution in [0.1, 0.15) is 30.6 Å². The first-order chi connectivity index (χ1) is 12.0. The average molecular weight is 343 g/mol. The summed E-state index contributed by atoms with van der Waals surface area (Å²) in [5.41, 5.74) is -0.0958. The summed E-state index contributed by atoms with van der Waals surface area (Å²) in [6.07, 6.45) is -0.512. The third-order valence-corrected chi connectivity index (χ3v) is 4.56. The first-order valence-corrected chi connectivity index (χ1v) is 8.39. The number of nitrogens with zero attached hydrogens (tertiary/aromatic N) is 1. The summed E-state index contributed by atoms with van der Waals surface area (Å²) >= 11 is 0. The monoisotopic (exact) mass is 343 g/mol. The van der Waals surface area contributed by atoms with Gasteiger partial charge in [0.2, 0.25) is 5.91 Å². The molecule has 0 saturated carbocycles. The van der Waals surface area contributed by atoms with E-state index in [1.165, 1.54) is 6.07 Å². The highest BCUT2D eigenvalue weighted by Gasteiger charge is 2.32. The summed E-state index contributed by atoms with van der Waals surface area (Å²) < 4.78 is 19.6. The number of hydrogen-bond acceptors (Lipinski definition) is 3. The molecule has 1 N–H and O–H groups in total. The Labute approximate surface area is 146 Å². The topological polar surface area (TPSA) is 49.8 Å². The zero-order valence-electron chi connectivity index (χ0n) is 14.2. The van der Waals surface area contributed by atoms with Gasteiger partial charge in [-0.25, -0.2) is 4.39 Å². The van der Waals surface area contributed by atoms with E-state index in [1.807, 2.05) is 18.2 Å². The third-order valence-electron chi connectivity index (χ3n) is 4.56. The molecule has 1 aliphatic rings. The molecule has 1 fully saturated rings. The van der Waals surface area contributed by atoms with E-state index in [1.54, 1.807) is 42.2 Å². The van der Waals surface area contributed by atoms with E-state index in [0.29, 0.717) is 24.3 Å². The highest BCUT2D eigenvalue weighted by molar-refractivity contribution is 5.77. The minimum atomic E-state index is -1.25. The molecule has 4 nitrogen and oxygen atoms in total. The SMILES string of the molecule is CC(O)(CC(=O)N1CCOC(c2ccccc2F)C1)c1ccccc1. The van der Waals surface area contributed by atoms with Crippen LogP contribution in [0.25, 0.3) is 0 Å². The van der Waals surface area contributed by atoms with Gasteiger partial charge in [0.25, 0.3) is 0 Å². The fourth-order valence-corrected chi connectivity index (χ4v) is 3.11. The number of rotatable bonds is 4. The molecular weight excluding hydrogens is 321 g/mol. The molecule has 2 aromatic rings. The second-order valence-electron chi connectivity index (χ2n) is 6.54. The number of ether oxygens (including phenoxy) is 1. The molecule has 25 heavy (non-hydrogen) atoms. The Morgan fingerprint density at radius 3 is 2.64 bits per heavy atom. The van der Waals surface area contributed by atoms with Gasteiger partial charge in [0.15, 0.2) is 0 Å². The minimum Gasteiger partial charge on any atom is -0.385 e. The van der Waals surface area contributed by atoms with E-state index in [-0.39, 0.29) is 24.7 Å². The van der Waals surface area contributed by atoms with Crippen molar-refractivity contribution < 1.29 is 19.0 Å². The van der Waals surface area contributed by atoms with Gasteiger partial charge < -0.3 is 14.7 Å². The second kappa shape index (κ2) is 7.33. The van der Waals surface area contributed by atoms with Gasteiger partial charge in [0.05, 0.1) is 25.2 Å². The summed E-state index contributed by atoms with van der Waals surface area (Å²) in [4.78, 5) is 14.3. The Hall–Kier alpha value is -2.24.